The zero-order chi connectivity index (χ0) is 19.5. The van der Waals surface area contributed by atoms with Crippen LogP contribution in [0.5, 0.6) is 0 Å². The minimum Gasteiger partial charge on any atom is -0.329 e. The Morgan fingerprint density at radius 1 is 1.11 bits per heavy atom. The number of pyridine rings is 1. The van der Waals surface area contributed by atoms with E-state index in [2.05, 4.69) is 35.4 Å². The topological polar surface area (TPSA) is 54.3 Å². The molecule has 4 rings (SSSR count). The molecule has 144 valence electrons. The molecule has 0 atom stereocenters. The first-order valence-corrected chi connectivity index (χ1v) is 10.1. The third kappa shape index (κ3) is 4.43. The van der Waals surface area contributed by atoms with Gasteiger partial charge in [-0.25, -0.2) is 9.97 Å². The monoisotopic (exact) mass is 459 g/mol. The normalized spacial score (nSPS) is 15.2. The molecule has 1 amide bonds. The van der Waals surface area contributed by atoms with E-state index in [4.69, 9.17) is 11.6 Å². The minimum atomic E-state index is 0.0803. The third-order valence-corrected chi connectivity index (χ3v) is 5.45. The van der Waals surface area contributed by atoms with Crippen LogP contribution >= 0.6 is 27.5 Å². The predicted molar refractivity (Wildman–Crippen MR) is 112 cm³/mol. The van der Waals surface area contributed by atoms with Gasteiger partial charge in [0, 0.05) is 42.7 Å². The van der Waals surface area contributed by atoms with Gasteiger partial charge in [-0.2, -0.15) is 0 Å². The molecule has 8 heteroatoms. The van der Waals surface area contributed by atoms with Gasteiger partial charge in [0.1, 0.15) is 4.60 Å². The first kappa shape index (κ1) is 19.1. The maximum absolute atomic E-state index is 12.7. The lowest BCUT2D eigenvalue weighted by molar-refractivity contribution is -0.121. The molecule has 3 aromatic rings. The lowest BCUT2D eigenvalue weighted by Gasteiger charge is -2.34. The van der Waals surface area contributed by atoms with Crippen LogP contribution in [0.15, 0.2) is 59.7 Å². The molecular formula is C20H19BrClN5O. The van der Waals surface area contributed by atoms with Crippen molar-refractivity contribution in [2.24, 2.45) is 0 Å². The summed E-state index contributed by atoms with van der Waals surface area (Å²) < 4.78 is 2.91. The van der Waals surface area contributed by atoms with Crippen LogP contribution in [-0.2, 0) is 17.9 Å². The van der Waals surface area contributed by atoms with Gasteiger partial charge in [-0.15, -0.1) is 0 Å². The third-order valence-electron chi connectivity index (χ3n) is 4.75. The van der Waals surface area contributed by atoms with E-state index < -0.39 is 0 Å². The second-order valence-corrected chi connectivity index (χ2v) is 7.99. The molecule has 1 fully saturated rings. The number of hydrogen-bond acceptors (Lipinski definition) is 4. The molecule has 0 N–H and O–H groups in total. The van der Waals surface area contributed by atoms with E-state index in [0.717, 1.165) is 28.1 Å². The van der Waals surface area contributed by atoms with Crippen LogP contribution in [0.1, 0.15) is 11.3 Å². The summed E-state index contributed by atoms with van der Waals surface area (Å²) in [5.74, 6) is 0.0803. The van der Waals surface area contributed by atoms with Crippen molar-refractivity contribution in [3.05, 3.63) is 76.0 Å². The zero-order valence-electron chi connectivity index (χ0n) is 15.1. The number of aromatic nitrogens is 3. The molecule has 6 nitrogen and oxygen atoms in total. The van der Waals surface area contributed by atoms with Crippen molar-refractivity contribution in [2.45, 2.75) is 13.1 Å². The summed E-state index contributed by atoms with van der Waals surface area (Å²) in [6.45, 7) is 3.19. The Morgan fingerprint density at radius 2 is 2.00 bits per heavy atom. The molecule has 1 aromatic carbocycles. The lowest BCUT2D eigenvalue weighted by atomic mass is 10.2. The molecule has 2 aromatic heterocycles. The van der Waals surface area contributed by atoms with Crippen LogP contribution in [0, 0.1) is 0 Å². The number of imidazole rings is 1. The van der Waals surface area contributed by atoms with Crippen LogP contribution in [0.25, 0.3) is 0 Å². The Bertz CT molecular complexity index is 975. The van der Waals surface area contributed by atoms with Gasteiger partial charge in [0.05, 0.1) is 25.1 Å². The summed E-state index contributed by atoms with van der Waals surface area (Å²) in [5.41, 5.74) is 3.03. The van der Waals surface area contributed by atoms with Gasteiger partial charge < -0.3 is 9.47 Å². The minimum absolute atomic E-state index is 0.0803. The van der Waals surface area contributed by atoms with Gasteiger partial charge in [-0.05, 0) is 45.8 Å². The number of carbonyl (C=O) groups is 1. The van der Waals surface area contributed by atoms with Gasteiger partial charge >= 0.3 is 0 Å². The Balaban J connectivity index is 1.40. The van der Waals surface area contributed by atoms with Crippen molar-refractivity contribution in [1.82, 2.24) is 19.4 Å². The van der Waals surface area contributed by atoms with Crippen molar-refractivity contribution >= 4 is 39.1 Å². The molecule has 1 aliphatic rings. The van der Waals surface area contributed by atoms with Crippen LogP contribution in [0.4, 0.5) is 5.69 Å². The highest BCUT2D eigenvalue weighted by molar-refractivity contribution is 9.10. The zero-order valence-corrected chi connectivity index (χ0v) is 17.5. The molecule has 3 heterocycles. The summed E-state index contributed by atoms with van der Waals surface area (Å²) in [7, 11) is 0. The summed E-state index contributed by atoms with van der Waals surface area (Å²) in [6, 6.07) is 11.4. The number of anilines is 1. The van der Waals surface area contributed by atoms with Crippen molar-refractivity contribution in [1.29, 1.82) is 0 Å². The number of amides is 1. The SMILES string of the molecule is O=C1CN(Cc2cncn2Cc2ccc(Br)nc2)CCN1c1cccc(Cl)c1. The number of halogens is 2. The number of carbonyl (C=O) groups excluding carboxylic acids is 1. The number of piperazine rings is 1. The largest absolute Gasteiger partial charge is 0.329 e. The number of benzene rings is 1. The fourth-order valence-corrected chi connectivity index (χ4v) is 3.74. The maximum atomic E-state index is 12.7. The second-order valence-electron chi connectivity index (χ2n) is 6.74. The van der Waals surface area contributed by atoms with Crippen molar-refractivity contribution < 1.29 is 4.79 Å². The number of nitrogens with zero attached hydrogens (tertiary/aromatic N) is 5. The van der Waals surface area contributed by atoms with Crippen LogP contribution in [0.2, 0.25) is 5.02 Å². The molecule has 0 radical (unpaired) electrons. The smallest absolute Gasteiger partial charge is 0.241 e. The molecule has 0 unspecified atom stereocenters. The Hall–Kier alpha value is -2.22. The van der Waals surface area contributed by atoms with Crippen LogP contribution in [0.3, 0.4) is 0 Å². The molecule has 0 spiro atoms. The Morgan fingerprint density at radius 3 is 2.75 bits per heavy atom. The quantitative estimate of drug-likeness (QED) is 0.546. The second kappa shape index (κ2) is 8.43. The average Bonchev–Trinajstić information content (AvgIpc) is 3.10. The van der Waals surface area contributed by atoms with E-state index in [0.29, 0.717) is 31.2 Å². The van der Waals surface area contributed by atoms with E-state index in [-0.39, 0.29) is 5.91 Å². The molecule has 28 heavy (non-hydrogen) atoms. The highest BCUT2D eigenvalue weighted by Gasteiger charge is 2.25. The molecule has 0 aliphatic carbocycles. The summed E-state index contributed by atoms with van der Waals surface area (Å²) >= 11 is 9.42. The van der Waals surface area contributed by atoms with Crippen LogP contribution < -0.4 is 4.90 Å². The molecular weight excluding hydrogens is 442 g/mol. The predicted octanol–water partition coefficient (Wildman–Crippen LogP) is 3.59. The number of rotatable bonds is 5. The number of hydrogen-bond donors (Lipinski definition) is 0. The summed E-state index contributed by atoms with van der Waals surface area (Å²) in [5, 5.41) is 0.638. The molecule has 1 saturated heterocycles. The molecule has 0 bridgehead atoms. The first-order valence-electron chi connectivity index (χ1n) is 8.96. The molecule has 0 saturated carbocycles. The molecule has 1 aliphatic heterocycles. The van der Waals surface area contributed by atoms with Crippen molar-refractivity contribution in [2.75, 3.05) is 24.5 Å². The summed E-state index contributed by atoms with van der Waals surface area (Å²) in [4.78, 5) is 25.2. The van der Waals surface area contributed by atoms with Gasteiger partial charge in [0.25, 0.3) is 0 Å². The van der Waals surface area contributed by atoms with E-state index in [1.165, 1.54) is 0 Å². The van der Waals surface area contributed by atoms with E-state index in [1.807, 2.05) is 55.1 Å². The fraction of sp³-hybridized carbons (Fsp3) is 0.250. The highest BCUT2D eigenvalue weighted by atomic mass is 79.9. The van der Waals surface area contributed by atoms with Crippen LogP contribution in [-0.4, -0.2) is 45.0 Å². The Kier molecular flexibility index (Phi) is 5.75. The summed E-state index contributed by atoms with van der Waals surface area (Å²) in [6.07, 6.45) is 5.53. The fourth-order valence-electron chi connectivity index (χ4n) is 3.32. The maximum Gasteiger partial charge on any atom is 0.241 e. The first-order chi connectivity index (χ1) is 13.6. The van der Waals surface area contributed by atoms with E-state index in [1.54, 1.807) is 4.90 Å². The van der Waals surface area contributed by atoms with Crippen molar-refractivity contribution in [3.63, 3.8) is 0 Å². The van der Waals surface area contributed by atoms with Crippen molar-refractivity contribution in [3.8, 4) is 0 Å². The highest BCUT2D eigenvalue weighted by Crippen LogP contribution is 2.22. The average molecular weight is 461 g/mol. The van der Waals surface area contributed by atoms with E-state index in [9.17, 15) is 4.79 Å². The van der Waals surface area contributed by atoms with Gasteiger partial charge in [0.2, 0.25) is 5.91 Å². The lowest BCUT2D eigenvalue weighted by Crippen LogP contribution is -2.50. The van der Waals surface area contributed by atoms with E-state index >= 15 is 0 Å². The van der Waals surface area contributed by atoms with Gasteiger partial charge in [-0.3, -0.25) is 9.69 Å². The van der Waals surface area contributed by atoms with Gasteiger partial charge in [-0.1, -0.05) is 23.7 Å². The standard InChI is InChI=1S/C20H19BrClN5O/c21-19-5-4-15(9-24-19)11-26-14-23-10-18(26)12-25-6-7-27(20(28)13-25)17-3-1-2-16(22)8-17/h1-5,8-10,14H,6-7,11-13H2. The Labute approximate surface area is 176 Å². The van der Waals surface area contributed by atoms with Gasteiger partial charge in [0.15, 0.2) is 0 Å².